The summed E-state index contributed by atoms with van der Waals surface area (Å²) in [6.45, 7) is 0. The summed E-state index contributed by atoms with van der Waals surface area (Å²) in [4.78, 5) is 0. The molecule has 0 radical (unpaired) electrons. The first-order valence-electron chi connectivity index (χ1n) is 14.6. The van der Waals surface area contributed by atoms with Crippen molar-refractivity contribution in [3.8, 4) is 0 Å². The summed E-state index contributed by atoms with van der Waals surface area (Å²) in [5, 5.41) is 4.64. The Morgan fingerprint density at radius 1 is 0.459 bits per heavy atom. The molecule has 0 atom stereocenters. The van der Waals surface area contributed by atoms with Crippen molar-refractivity contribution in [3.63, 3.8) is 0 Å². The molecule has 0 spiro atoms. The molecule has 0 nitrogen and oxygen atoms in total. The highest BCUT2D eigenvalue weighted by atomic mass is 31.2. The molecule has 6 rings (SSSR count). The molecular weight excluding hydrogens is 462 g/mol. The number of hydrogen-bond acceptors (Lipinski definition) is 0. The van der Waals surface area contributed by atoms with E-state index < -0.39 is 13.4 Å². The molecule has 188 valence electrons. The van der Waals surface area contributed by atoms with Crippen LogP contribution in [0, 0.1) is 0 Å². The van der Waals surface area contributed by atoms with Gasteiger partial charge < -0.3 is 0 Å². The van der Waals surface area contributed by atoms with Gasteiger partial charge in [0.2, 0.25) is 0 Å². The van der Waals surface area contributed by atoms with Crippen LogP contribution in [0.4, 0.5) is 0 Å². The van der Waals surface area contributed by atoms with Crippen molar-refractivity contribution >= 4 is 34.8 Å². The van der Waals surface area contributed by atoms with E-state index in [0.717, 1.165) is 11.6 Å². The first-order chi connectivity index (χ1) is 18.3. The number of benzene rings is 4. The van der Waals surface area contributed by atoms with Crippen LogP contribution in [0.3, 0.4) is 0 Å². The number of rotatable bonds is 8. The molecule has 0 N–H and O–H groups in total. The minimum Gasteiger partial charge on any atom is -0.205 e. The van der Waals surface area contributed by atoms with Crippen LogP contribution in [0.2, 0.25) is 11.6 Å². The van der Waals surface area contributed by atoms with E-state index in [2.05, 4.69) is 121 Å². The fourth-order valence-electron chi connectivity index (χ4n) is 8.51. The first kappa shape index (κ1) is 24.7. The van der Waals surface area contributed by atoms with Crippen molar-refractivity contribution in [2.24, 2.45) is 0 Å². The molecule has 4 aromatic rings. The molecule has 2 fully saturated rings. The predicted octanol–water partition coefficient (Wildman–Crippen LogP) is 7.76. The first-order valence-corrected chi connectivity index (χ1v) is 16.6. The Morgan fingerprint density at radius 3 is 1.14 bits per heavy atom. The van der Waals surface area contributed by atoms with Gasteiger partial charge in [-0.3, -0.25) is 0 Å². The Morgan fingerprint density at radius 2 is 0.784 bits per heavy atom. The maximum atomic E-state index is 2.52. The molecule has 2 saturated carbocycles. The topological polar surface area (TPSA) is 0 Å². The van der Waals surface area contributed by atoms with Gasteiger partial charge in [-0.1, -0.05) is 136 Å². The third kappa shape index (κ3) is 4.51. The molecule has 2 aliphatic rings. The Labute approximate surface area is 224 Å². The van der Waals surface area contributed by atoms with Crippen molar-refractivity contribution in [1.82, 2.24) is 0 Å². The summed E-state index contributed by atoms with van der Waals surface area (Å²) in [6.07, 6.45) is 10.5. The normalized spacial score (nSPS) is 17.3. The van der Waals surface area contributed by atoms with Crippen LogP contribution in [0.1, 0.15) is 51.4 Å². The van der Waals surface area contributed by atoms with Crippen LogP contribution in [0.5, 0.6) is 0 Å². The quantitative estimate of drug-likeness (QED) is 0.171. The summed E-state index contributed by atoms with van der Waals surface area (Å²) < 4.78 is 0. The molecule has 0 aliphatic heterocycles. The average molecular weight is 502 g/mol. The second-order valence-electron chi connectivity index (χ2n) is 11.7. The van der Waals surface area contributed by atoms with Gasteiger partial charge in [-0.05, 0) is 42.5 Å². The second kappa shape index (κ2) is 11.0. The average Bonchev–Trinajstić information content (AvgIpc) is 3.72. The lowest BCUT2D eigenvalue weighted by molar-refractivity contribution is 0.757. The standard InChI is InChI=1S/C35H40BP/c1-5-17-30(18-6-1)36(31-19-13-14-20-31,32-21-15-16-22-32)29-37(33-23-7-2-8-24-33,34-25-9-3-10-26-34)35-27-11-4-12-28-35/h1-12,17-18,23-28,31-32H,13-16,19-22,29H2. The molecule has 0 unspecified atom stereocenters. The fraction of sp³-hybridized carbons (Fsp3) is 0.314. The van der Waals surface area contributed by atoms with Crippen LogP contribution in [0.25, 0.3) is 0 Å². The highest BCUT2D eigenvalue weighted by molar-refractivity contribution is 7.97. The van der Waals surface area contributed by atoms with Gasteiger partial charge in [0.25, 0.3) is 0 Å². The van der Waals surface area contributed by atoms with Gasteiger partial charge in [-0.2, -0.15) is 11.6 Å². The van der Waals surface area contributed by atoms with Gasteiger partial charge in [0.1, 0.15) is 15.9 Å². The van der Waals surface area contributed by atoms with E-state index in [0.29, 0.717) is 0 Å². The van der Waals surface area contributed by atoms with Gasteiger partial charge in [-0.25, -0.2) is 5.46 Å². The SMILES string of the molecule is c1ccc([B-](C[P+](c2ccccc2)(c2ccccc2)c2ccccc2)(C2CCCC2)C2CCCC2)cc1. The number of hydrogen-bond donors (Lipinski definition) is 0. The second-order valence-corrected chi connectivity index (χ2v) is 15.2. The molecule has 0 amide bonds. The molecular formula is C35H40BP. The summed E-state index contributed by atoms with van der Waals surface area (Å²) in [7, 11) is -1.92. The van der Waals surface area contributed by atoms with E-state index in [4.69, 9.17) is 0 Å². The predicted molar refractivity (Wildman–Crippen MR) is 166 cm³/mol. The van der Waals surface area contributed by atoms with E-state index >= 15 is 0 Å². The highest BCUT2D eigenvalue weighted by Gasteiger charge is 2.54. The van der Waals surface area contributed by atoms with E-state index in [9.17, 15) is 0 Å². The van der Waals surface area contributed by atoms with Crippen molar-refractivity contribution < 1.29 is 0 Å². The van der Waals surface area contributed by atoms with Crippen LogP contribution in [-0.2, 0) is 0 Å². The van der Waals surface area contributed by atoms with E-state index in [1.807, 2.05) is 0 Å². The largest absolute Gasteiger partial charge is 0.205 e. The van der Waals surface area contributed by atoms with Crippen LogP contribution in [0.15, 0.2) is 121 Å². The third-order valence-electron chi connectivity index (χ3n) is 10.1. The van der Waals surface area contributed by atoms with Gasteiger partial charge in [0.15, 0.2) is 0 Å². The van der Waals surface area contributed by atoms with Crippen molar-refractivity contribution in [3.05, 3.63) is 121 Å². The smallest absolute Gasteiger partial charge is 0.101 e. The third-order valence-corrected chi connectivity index (χ3v) is 14.8. The lowest BCUT2D eigenvalue weighted by atomic mass is 9.11. The van der Waals surface area contributed by atoms with Crippen molar-refractivity contribution in [1.29, 1.82) is 0 Å². The molecule has 4 aromatic carbocycles. The Bertz CT molecular complexity index is 1130. The Hall–Kier alpha value is -2.63. The van der Waals surface area contributed by atoms with Crippen molar-refractivity contribution in [2.75, 3.05) is 6.06 Å². The Balaban J connectivity index is 1.67. The van der Waals surface area contributed by atoms with Gasteiger partial charge in [0.05, 0.1) is 13.4 Å². The Kier molecular flexibility index (Phi) is 7.35. The maximum Gasteiger partial charge on any atom is 0.101 e. The monoisotopic (exact) mass is 502 g/mol. The highest BCUT2D eigenvalue weighted by Crippen LogP contribution is 2.62. The molecule has 0 bridgehead atoms. The summed E-state index contributed by atoms with van der Waals surface area (Å²) in [6, 6.07) is 48.1. The summed E-state index contributed by atoms with van der Waals surface area (Å²) in [5.74, 6) is 1.64. The van der Waals surface area contributed by atoms with Crippen molar-refractivity contribution in [2.45, 2.75) is 63.0 Å². The van der Waals surface area contributed by atoms with Gasteiger partial charge >= 0.3 is 0 Å². The molecule has 2 aliphatic carbocycles. The summed E-state index contributed by atoms with van der Waals surface area (Å²) in [5.41, 5.74) is 1.67. The molecule has 0 heterocycles. The van der Waals surface area contributed by atoms with Gasteiger partial charge in [0, 0.05) is 0 Å². The van der Waals surface area contributed by atoms with Gasteiger partial charge in [-0.15, -0.1) is 0 Å². The lowest BCUT2D eigenvalue weighted by Gasteiger charge is -2.53. The van der Waals surface area contributed by atoms with E-state index in [1.165, 1.54) is 57.4 Å². The minimum absolute atomic E-state index is 0.764. The van der Waals surface area contributed by atoms with E-state index in [-0.39, 0.29) is 0 Å². The molecule has 2 heteroatoms. The molecule has 37 heavy (non-hydrogen) atoms. The van der Waals surface area contributed by atoms with Crippen LogP contribution in [-0.4, -0.2) is 12.2 Å². The minimum atomic E-state index is -1.92. The zero-order valence-corrected chi connectivity index (χ0v) is 23.0. The maximum absolute atomic E-state index is 2.52. The molecule has 0 aromatic heterocycles. The zero-order chi connectivity index (χ0) is 25.0. The summed E-state index contributed by atoms with van der Waals surface area (Å²) >= 11 is 0. The zero-order valence-electron chi connectivity index (χ0n) is 22.1. The fourth-order valence-corrected chi connectivity index (χ4v) is 13.8. The van der Waals surface area contributed by atoms with Crippen LogP contribution >= 0.6 is 7.26 Å². The molecule has 0 saturated heterocycles. The lowest BCUT2D eigenvalue weighted by Crippen LogP contribution is -2.60. The van der Waals surface area contributed by atoms with Crippen LogP contribution < -0.4 is 21.4 Å². The van der Waals surface area contributed by atoms with E-state index in [1.54, 1.807) is 21.4 Å².